The van der Waals surface area contributed by atoms with Crippen LogP contribution in [0.5, 0.6) is 0 Å². The van der Waals surface area contributed by atoms with Crippen molar-refractivity contribution in [1.82, 2.24) is 5.32 Å². The fourth-order valence-corrected chi connectivity index (χ4v) is 2.09. The fourth-order valence-electron chi connectivity index (χ4n) is 2.09. The summed E-state index contributed by atoms with van der Waals surface area (Å²) in [7, 11) is 1.47. The zero-order valence-electron chi connectivity index (χ0n) is 8.67. The van der Waals surface area contributed by atoms with Gasteiger partial charge >= 0.3 is 5.97 Å². The molecule has 3 nitrogen and oxygen atoms in total. The summed E-state index contributed by atoms with van der Waals surface area (Å²) in [6, 6.07) is 0. The van der Waals surface area contributed by atoms with Crippen LogP contribution in [-0.2, 0) is 9.53 Å². The predicted octanol–water partition coefficient (Wildman–Crippen LogP) is 1.04. The van der Waals surface area contributed by atoms with Gasteiger partial charge in [-0.1, -0.05) is 13.8 Å². The van der Waals surface area contributed by atoms with Crippen LogP contribution in [0.1, 0.15) is 20.3 Å². The molecule has 0 radical (unpaired) electrons. The van der Waals surface area contributed by atoms with E-state index in [1.54, 1.807) is 0 Å². The highest BCUT2D eigenvalue weighted by molar-refractivity contribution is 5.73. The van der Waals surface area contributed by atoms with E-state index in [0.717, 1.165) is 19.5 Å². The first-order valence-electron chi connectivity index (χ1n) is 4.95. The van der Waals surface area contributed by atoms with E-state index in [4.69, 9.17) is 4.74 Å². The van der Waals surface area contributed by atoms with Crippen LogP contribution in [-0.4, -0.2) is 26.2 Å². The maximum absolute atomic E-state index is 11.4. The summed E-state index contributed by atoms with van der Waals surface area (Å²) in [5, 5.41) is 3.23. The van der Waals surface area contributed by atoms with Gasteiger partial charge in [-0.05, 0) is 24.8 Å². The van der Waals surface area contributed by atoms with E-state index < -0.39 is 0 Å². The molecule has 76 valence electrons. The quantitative estimate of drug-likeness (QED) is 0.653. The molecule has 1 saturated heterocycles. The molecule has 2 atom stereocenters. The molecule has 1 fully saturated rings. The Hall–Kier alpha value is -0.570. The summed E-state index contributed by atoms with van der Waals surface area (Å²) in [5.74, 6) is 1.03. The van der Waals surface area contributed by atoms with Gasteiger partial charge in [0.2, 0.25) is 0 Å². The van der Waals surface area contributed by atoms with E-state index >= 15 is 0 Å². The van der Waals surface area contributed by atoms with Crippen LogP contribution in [0.25, 0.3) is 0 Å². The Morgan fingerprint density at radius 3 is 2.77 bits per heavy atom. The van der Waals surface area contributed by atoms with Crippen molar-refractivity contribution >= 4 is 5.97 Å². The molecule has 0 aromatic carbocycles. The van der Waals surface area contributed by atoms with Gasteiger partial charge in [0, 0.05) is 6.54 Å². The van der Waals surface area contributed by atoms with Crippen molar-refractivity contribution in [2.75, 3.05) is 20.2 Å². The Balaban J connectivity index is 2.61. The minimum Gasteiger partial charge on any atom is -0.469 e. The first kappa shape index (κ1) is 10.5. The second-order valence-electron chi connectivity index (χ2n) is 4.03. The molecule has 1 aliphatic rings. The fraction of sp³-hybridized carbons (Fsp3) is 0.900. The second kappa shape index (κ2) is 4.61. The van der Waals surface area contributed by atoms with Crippen molar-refractivity contribution in [3.63, 3.8) is 0 Å². The summed E-state index contributed by atoms with van der Waals surface area (Å²) >= 11 is 0. The number of nitrogens with one attached hydrogen (secondary N) is 1. The lowest BCUT2D eigenvalue weighted by atomic mass is 9.79. The number of carbonyl (C=O) groups is 1. The van der Waals surface area contributed by atoms with E-state index in [-0.39, 0.29) is 11.9 Å². The number of hydrogen-bond donors (Lipinski definition) is 1. The first-order valence-corrected chi connectivity index (χ1v) is 4.95. The highest BCUT2D eigenvalue weighted by atomic mass is 16.5. The summed E-state index contributed by atoms with van der Waals surface area (Å²) in [6.07, 6.45) is 1.08. The van der Waals surface area contributed by atoms with Crippen LogP contribution in [0.4, 0.5) is 0 Å². The molecule has 0 spiro atoms. The number of ether oxygens (including phenoxy) is 1. The number of carbonyl (C=O) groups excluding carboxylic acids is 1. The number of methoxy groups -OCH3 is 1. The van der Waals surface area contributed by atoms with Gasteiger partial charge in [0.25, 0.3) is 0 Å². The molecule has 1 heterocycles. The monoisotopic (exact) mass is 185 g/mol. The normalized spacial score (nSPS) is 28.9. The minimum absolute atomic E-state index is 0.0544. The Bertz CT molecular complexity index is 180. The van der Waals surface area contributed by atoms with Crippen molar-refractivity contribution in [2.45, 2.75) is 20.3 Å². The molecule has 0 amide bonds. The van der Waals surface area contributed by atoms with Gasteiger partial charge in [0.05, 0.1) is 13.0 Å². The highest BCUT2D eigenvalue weighted by Gasteiger charge is 2.33. The molecule has 1 N–H and O–H groups in total. The van der Waals surface area contributed by atoms with Gasteiger partial charge < -0.3 is 10.1 Å². The lowest BCUT2D eigenvalue weighted by Crippen LogP contribution is -2.43. The minimum atomic E-state index is -0.0640. The topological polar surface area (TPSA) is 38.3 Å². The molecule has 0 unspecified atom stereocenters. The molecule has 1 rings (SSSR count). The third-order valence-corrected chi connectivity index (χ3v) is 2.90. The first-order chi connectivity index (χ1) is 6.16. The maximum Gasteiger partial charge on any atom is 0.310 e. The highest BCUT2D eigenvalue weighted by Crippen LogP contribution is 2.27. The summed E-state index contributed by atoms with van der Waals surface area (Å²) in [4.78, 5) is 11.4. The Kier molecular flexibility index (Phi) is 3.72. The molecule has 0 saturated carbocycles. The average Bonchev–Trinajstić information content (AvgIpc) is 2.16. The van der Waals surface area contributed by atoms with Gasteiger partial charge in [-0.3, -0.25) is 4.79 Å². The number of piperidine rings is 1. The van der Waals surface area contributed by atoms with Gasteiger partial charge in [0.1, 0.15) is 0 Å². The van der Waals surface area contributed by atoms with Crippen molar-refractivity contribution in [3.05, 3.63) is 0 Å². The maximum atomic E-state index is 11.4. The predicted molar refractivity (Wildman–Crippen MR) is 51.3 cm³/mol. The largest absolute Gasteiger partial charge is 0.469 e. The van der Waals surface area contributed by atoms with Crippen molar-refractivity contribution in [3.8, 4) is 0 Å². The van der Waals surface area contributed by atoms with Crippen LogP contribution in [0, 0.1) is 17.8 Å². The average molecular weight is 185 g/mol. The Labute approximate surface area is 79.8 Å². The SMILES string of the molecule is COC(=O)[C@H]1CNCC[C@H]1C(C)C. The van der Waals surface area contributed by atoms with E-state index in [1.807, 2.05) is 0 Å². The molecule has 1 aliphatic heterocycles. The van der Waals surface area contributed by atoms with Crippen molar-refractivity contribution in [2.24, 2.45) is 17.8 Å². The number of esters is 1. The van der Waals surface area contributed by atoms with E-state index in [0.29, 0.717) is 11.8 Å². The smallest absolute Gasteiger partial charge is 0.310 e. The molecular weight excluding hydrogens is 166 g/mol. The Morgan fingerprint density at radius 1 is 1.54 bits per heavy atom. The molecule has 13 heavy (non-hydrogen) atoms. The van der Waals surface area contributed by atoms with Crippen LogP contribution in [0.2, 0.25) is 0 Å². The van der Waals surface area contributed by atoms with E-state index in [9.17, 15) is 4.79 Å². The summed E-state index contributed by atoms with van der Waals surface area (Å²) in [6.45, 7) is 6.14. The molecule has 0 bridgehead atoms. The third kappa shape index (κ3) is 2.44. The standard InChI is InChI=1S/C10H19NO2/c1-7(2)8-4-5-11-6-9(8)10(12)13-3/h7-9,11H,4-6H2,1-3H3/t8-,9-/m0/s1. The zero-order valence-corrected chi connectivity index (χ0v) is 8.67. The summed E-state index contributed by atoms with van der Waals surface area (Å²) < 4.78 is 4.79. The molecule has 0 aromatic rings. The molecule has 0 aromatic heterocycles. The Morgan fingerprint density at radius 2 is 2.23 bits per heavy atom. The molecule has 0 aliphatic carbocycles. The second-order valence-corrected chi connectivity index (χ2v) is 4.03. The van der Waals surface area contributed by atoms with Crippen molar-refractivity contribution in [1.29, 1.82) is 0 Å². The summed E-state index contributed by atoms with van der Waals surface area (Å²) in [5.41, 5.74) is 0. The molecule has 3 heteroatoms. The number of rotatable bonds is 2. The van der Waals surface area contributed by atoms with Crippen LogP contribution < -0.4 is 5.32 Å². The van der Waals surface area contributed by atoms with Crippen molar-refractivity contribution < 1.29 is 9.53 Å². The van der Waals surface area contributed by atoms with Gasteiger partial charge in [0.15, 0.2) is 0 Å². The molecular formula is C10H19NO2. The van der Waals surface area contributed by atoms with E-state index in [2.05, 4.69) is 19.2 Å². The zero-order chi connectivity index (χ0) is 9.84. The number of hydrogen-bond acceptors (Lipinski definition) is 3. The van der Waals surface area contributed by atoms with Gasteiger partial charge in [-0.15, -0.1) is 0 Å². The van der Waals surface area contributed by atoms with E-state index in [1.165, 1.54) is 7.11 Å². The van der Waals surface area contributed by atoms with Gasteiger partial charge in [-0.2, -0.15) is 0 Å². The van der Waals surface area contributed by atoms with Crippen LogP contribution >= 0.6 is 0 Å². The third-order valence-electron chi connectivity index (χ3n) is 2.90. The van der Waals surface area contributed by atoms with Gasteiger partial charge in [-0.25, -0.2) is 0 Å². The van der Waals surface area contributed by atoms with Crippen LogP contribution in [0.3, 0.4) is 0 Å². The lowest BCUT2D eigenvalue weighted by molar-refractivity contribution is -0.148. The van der Waals surface area contributed by atoms with Crippen LogP contribution in [0.15, 0.2) is 0 Å². The lowest BCUT2D eigenvalue weighted by Gasteiger charge is -2.32.